The molecule has 11 heteroatoms. The standard InChI is InChI=1S/C36H54N4O6Si/c1-24(2)47(25(3)4,26(5)6)45-23-27-17-18-31-30(21-27)38-34(39-32(41)28-15-14-16-29(22-28)33(42)44-10)40(31)20-13-11-12-19-37-35(43)46-36(7,8)9/h14-18,21-22,24-26H,11-13,19-20,23H2,1-10H3,(H,37,43)(H,38,39,41). The fourth-order valence-corrected chi connectivity index (χ4v) is 11.9. The number of hydrogen-bond donors (Lipinski definition) is 2. The number of nitrogens with one attached hydrogen (secondary N) is 2. The average Bonchev–Trinajstić information content (AvgIpc) is 3.33. The van der Waals surface area contributed by atoms with Crippen LogP contribution in [0.15, 0.2) is 42.5 Å². The summed E-state index contributed by atoms with van der Waals surface area (Å²) in [5, 5.41) is 5.78. The van der Waals surface area contributed by atoms with E-state index in [1.807, 2.05) is 37.5 Å². The fraction of sp³-hybridized carbons (Fsp3) is 0.556. The maximum absolute atomic E-state index is 13.4. The van der Waals surface area contributed by atoms with E-state index in [2.05, 4.69) is 58.2 Å². The van der Waals surface area contributed by atoms with Gasteiger partial charge in [-0.1, -0.05) is 53.7 Å². The molecule has 3 rings (SSSR count). The average molecular weight is 667 g/mol. The number of esters is 1. The molecule has 2 amide bonds. The Balaban J connectivity index is 1.83. The van der Waals surface area contributed by atoms with Gasteiger partial charge in [0.05, 0.1) is 30.3 Å². The van der Waals surface area contributed by atoms with E-state index < -0.39 is 26.0 Å². The molecule has 0 aliphatic heterocycles. The van der Waals surface area contributed by atoms with Gasteiger partial charge in [0.15, 0.2) is 0 Å². The number of hydrogen-bond acceptors (Lipinski definition) is 7. The third-order valence-corrected chi connectivity index (χ3v) is 14.6. The zero-order valence-corrected chi connectivity index (χ0v) is 30.9. The highest BCUT2D eigenvalue weighted by Gasteiger charge is 2.45. The van der Waals surface area contributed by atoms with Crippen molar-refractivity contribution in [2.24, 2.45) is 0 Å². The Kier molecular flexibility index (Phi) is 13.2. The summed E-state index contributed by atoms with van der Waals surface area (Å²) in [4.78, 5) is 42.3. The molecule has 1 heterocycles. The summed E-state index contributed by atoms with van der Waals surface area (Å²) >= 11 is 0. The predicted octanol–water partition coefficient (Wildman–Crippen LogP) is 8.46. The van der Waals surface area contributed by atoms with E-state index >= 15 is 0 Å². The molecule has 0 saturated carbocycles. The van der Waals surface area contributed by atoms with Gasteiger partial charge in [-0.15, -0.1) is 0 Å². The Hall–Kier alpha value is -3.70. The van der Waals surface area contributed by atoms with Crippen LogP contribution >= 0.6 is 0 Å². The highest BCUT2D eigenvalue weighted by Crippen LogP contribution is 2.42. The Morgan fingerprint density at radius 3 is 2.17 bits per heavy atom. The highest BCUT2D eigenvalue weighted by molar-refractivity contribution is 6.77. The molecule has 0 fully saturated rings. The van der Waals surface area contributed by atoms with Gasteiger partial charge >= 0.3 is 12.1 Å². The van der Waals surface area contributed by atoms with E-state index in [4.69, 9.17) is 18.9 Å². The summed E-state index contributed by atoms with van der Waals surface area (Å²) in [5.41, 5.74) is 4.22. The summed E-state index contributed by atoms with van der Waals surface area (Å²) in [6.45, 7) is 20.8. The van der Waals surface area contributed by atoms with Crippen LogP contribution in [0.3, 0.4) is 0 Å². The molecule has 0 radical (unpaired) electrons. The van der Waals surface area contributed by atoms with Gasteiger partial charge in [-0.3, -0.25) is 10.1 Å². The molecule has 0 aliphatic rings. The van der Waals surface area contributed by atoms with E-state index in [1.165, 1.54) is 13.2 Å². The number of fused-ring (bicyclic) bond motifs is 1. The molecule has 0 saturated heterocycles. The van der Waals surface area contributed by atoms with Crippen molar-refractivity contribution in [1.29, 1.82) is 0 Å². The maximum atomic E-state index is 13.4. The van der Waals surface area contributed by atoms with E-state index in [9.17, 15) is 14.4 Å². The van der Waals surface area contributed by atoms with Crippen molar-refractivity contribution in [3.63, 3.8) is 0 Å². The fourth-order valence-electron chi connectivity index (χ4n) is 6.45. The molecule has 0 unspecified atom stereocenters. The van der Waals surface area contributed by atoms with Crippen molar-refractivity contribution >= 4 is 43.3 Å². The van der Waals surface area contributed by atoms with Crippen LogP contribution in [0.25, 0.3) is 11.0 Å². The molecule has 1 aromatic heterocycles. The van der Waals surface area contributed by atoms with E-state index in [0.29, 0.717) is 53.4 Å². The number of imidazole rings is 1. The zero-order valence-electron chi connectivity index (χ0n) is 29.9. The molecular weight excluding hydrogens is 613 g/mol. The lowest BCUT2D eigenvalue weighted by molar-refractivity contribution is 0.0525. The van der Waals surface area contributed by atoms with Gasteiger partial charge in [0.25, 0.3) is 5.91 Å². The minimum Gasteiger partial charge on any atom is -0.465 e. The number of benzene rings is 2. The first-order valence-electron chi connectivity index (χ1n) is 16.7. The number of anilines is 1. The first kappa shape index (κ1) is 37.8. The number of methoxy groups -OCH3 is 1. The molecule has 0 bridgehead atoms. The molecule has 0 aliphatic carbocycles. The molecule has 2 aromatic carbocycles. The topological polar surface area (TPSA) is 121 Å². The number of carbonyl (C=O) groups excluding carboxylic acids is 3. The summed E-state index contributed by atoms with van der Waals surface area (Å²) in [6, 6.07) is 12.6. The molecular formula is C36H54N4O6Si. The number of alkyl carbamates (subject to hydrolysis) is 1. The maximum Gasteiger partial charge on any atom is 0.407 e. The molecule has 47 heavy (non-hydrogen) atoms. The Morgan fingerprint density at radius 2 is 1.55 bits per heavy atom. The Labute approximate surface area is 281 Å². The number of amides is 2. The number of unbranched alkanes of at least 4 members (excludes halogenated alkanes) is 2. The van der Waals surface area contributed by atoms with E-state index in [-0.39, 0.29) is 5.91 Å². The first-order chi connectivity index (χ1) is 22.1. The third kappa shape index (κ3) is 9.90. The summed E-state index contributed by atoms with van der Waals surface area (Å²) in [5.74, 6) is -0.463. The van der Waals surface area contributed by atoms with Crippen molar-refractivity contribution in [1.82, 2.24) is 14.9 Å². The monoisotopic (exact) mass is 666 g/mol. The van der Waals surface area contributed by atoms with Crippen LogP contribution in [-0.4, -0.2) is 55.1 Å². The summed E-state index contributed by atoms with van der Waals surface area (Å²) in [7, 11) is -0.750. The number of ether oxygens (including phenoxy) is 2. The lowest BCUT2D eigenvalue weighted by Crippen LogP contribution is -2.47. The van der Waals surface area contributed by atoms with Gasteiger partial charge in [-0.05, 0) is 92.6 Å². The summed E-state index contributed by atoms with van der Waals surface area (Å²) in [6.07, 6.45) is 2.01. The van der Waals surface area contributed by atoms with Crippen LogP contribution in [0.2, 0.25) is 16.6 Å². The quantitative estimate of drug-likeness (QED) is 0.0948. The van der Waals surface area contributed by atoms with Crippen LogP contribution in [0, 0.1) is 0 Å². The van der Waals surface area contributed by atoms with Crippen molar-refractivity contribution in [3.8, 4) is 0 Å². The number of aromatic nitrogens is 2. The second-order valence-corrected chi connectivity index (χ2v) is 19.5. The van der Waals surface area contributed by atoms with Gasteiger partial charge in [0.1, 0.15) is 5.60 Å². The lowest BCUT2D eigenvalue weighted by Gasteiger charge is -2.42. The van der Waals surface area contributed by atoms with Crippen molar-refractivity contribution < 1.29 is 28.3 Å². The van der Waals surface area contributed by atoms with Gasteiger partial charge in [-0.2, -0.15) is 0 Å². The first-order valence-corrected chi connectivity index (χ1v) is 18.8. The highest BCUT2D eigenvalue weighted by atomic mass is 28.4. The van der Waals surface area contributed by atoms with E-state index in [0.717, 1.165) is 35.9 Å². The van der Waals surface area contributed by atoms with Gasteiger partial charge in [-0.25, -0.2) is 14.6 Å². The second kappa shape index (κ2) is 16.4. The molecule has 2 N–H and O–H groups in total. The normalized spacial score (nSPS) is 12.2. The SMILES string of the molecule is COC(=O)c1cccc(C(=O)Nc2nc3cc(CO[Si](C(C)C)(C(C)C)C(C)C)ccc3n2CCCCCNC(=O)OC(C)(C)C)c1. The molecule has 3 aromatic rings. The zero-order chi connectivity index (χ0) is 34.9. The Bertz CT molecular complexity index is 1500. The smallest absolute Gasteiger partial charge is 0.407 e. The van der Waals surface area contributed by atoms with Crippen LogP contribution in [-0.2, 0) is 27.1 Å². The summed E-state index contributed by atoms with van der Waals surface area (Å²) < 4.78 is 19.0. The van der Waals surface area contributed by atoms with Crippen LogP contribution in [0.4, 0.5) is 10.7 Å². The molecule has 0 spiro atoms. The minimum absolute atomic E-state index is 0.294. The Morgan fingerprint density at radius 1 is 0.894 bits per heavy atom. The van der Waals surface area contributed by atoms with Gasteiger partial charge in [0, 0.05) is 18.7 Å². The van der Waals surface area contributed by atoms with Crippen molar-refractivity contribution in [3.05, 3.63) is 59.2 Å². The van der Waals surface area contributed by atoms with Crippen molar-refractivity contribution in [2.45, 2.75) is 117 Å². The number of aryl methyl sites for hydroxylation is 1. The van der Waals surface area contributed by atoms with Crippen LogP contribution < -0.4 is 10.6 Å². The number of rotatable bonds is 15. The van der Waals surface area contributed by atoms with Gasteiger partial charge < -0.3 is 23.8 Å². The largest absolute Gasteiger partial charge is 0.465 e. The minimum atomic E-state index is -2.06. The molecule has 258 valence electrons. The number of nitrogens with zero attached hydrogens (tertiary/aromatic N) is 2. The van der Waals surface area contributed by atoms with Gasteiger partial charge in [0.2, 0.25) is 14.3 Å². The van der Waals surface area contributed by atoms with Crippen LogP contribution in [0.5, 0.6) is 0 Å². The molecule has 10 nitrogen and oxygen atoms in total. The predicted molar refractivity (Wildman–Crippen MR) is 189 cm³/mol. The molecule has 0 atom stereocenters. The lowest BCUT2D eigenvalue weighted by atomic mass is 10.1. The third-order valence-electron chi connectivity index (χ3n) is 8.51. The second-order valence-electron chi connectivity index (χ2n) is 14.0. The number of carbonyl (C=O) groups is 3. The van der Waals surface area contributed by atoms with E-state index in [1.54, 1.807) is 18.2 Å². The van der Waals surface area contributed by atoms with Crippen LogP contribution in [0.1, 0.15) is 108 Å². The van der Waals surface area contributed by atoms with Crippen molar-refractivity contribution in [2.75, 3.05) is 19.0 Å².